The Labute approximate surface area is 195 Å². The maximum atomic E-state index is 12.6. The zero-order chi connectivity index (χ0) is 24.0. The second-order valence-corrected chi connectivity index (χ2v) is 10.0. The predicted octanol–water partition coefficient (Wildman–Crippen LogP) is 1.08. The molecule has 178 valence electrons. The van der Waals surface area contributed by atoms with Crippen LogP contribution in [0.15, 0.2) is 53.4 Å². The summed E-state index contributed by atoms with van der Waals surface area (Å²) in [5, 5.41) is 8.04. The van der Waals surface area contributed by atoms with Crippen LogP contribution in [0.3, 0.4) is 0 Å². The summed E-state index contributed by atoms with van der Waals surface area (Å²) in [4.78, 5) is 29.2. The van der Waals surface area contributed by atoms with E-state index in [0.29, 0.717) is 45.6 Å². The molecule has 0 aromatic heterocycles. The molecule has 0 spiro atoms. The van der Waals surface area contributed by atoms with E-state index in [1.54, 1.807) is 12.1 Å². The largest absolute Gasteiger partial charge is 0.354 e. The molecule has 2 aromatic rings. The molecule has 9 heteroatoms. The lowest BCUT2D eigenvalue weighted by Crippen LogP contribution is -2.55. The van der Waals surface area contributed by atoms with Crippen molar-refractivity contribution in [1.29, 1.82) is 0 Å². The molecule has 1 atom stereocenters. The highest BCUT2D eigenvalue weighted by Crippen LogP contribution is 2.11. The quantitative estimate of drug-likeness (QED) is 0.597. The zero-order valence-corrected chi connectivity index (χ0v) is 20.0. The number of benzene rings is 2. The summed E-state index contributed by atoms with van der Waals surface area (Å²) in [7, 11) is -3.70. The SMILES string of the molecule is Cc1ccc(CC(=O)N2CCN(C(C)C(=O)NCCc3ccc(S(N)(=O)=O)cc3)CC2)cc1. The second kappa shape index (κ2) is 10.9. The van der Waals surface area contributed by atoms with Gasteiger partial charge in [-0.1, -0.05) is 42.0 Å². The number of sulfonamides is 1. The fraction of sp³-hybridized carbons (Fsp3) is 0.417. The van der Waals surface area contributed by atoms with Crippen molar-refractivity contribution in [3.05, 3.63) is 65.2 Å². The van der Waals surface area contributed by atoms with Crippen LogP contribution in [0, 0.1) is 6.92 Å². The van der Waals surface area contributed by atoms with E-state index in [1.165, 1.54) is 17.7 Å². The minimum absolute atomic E-state index is 0.0596. The Morgan fingerprint density at radius 1 is 0.970 bits per heavy atom. The molecule has 0 aliphatic carbocycles. The third-order valence-corrected chi connectivity index (χ3v) is 6.96. The molecule has 3 N–H and O–H groups in total. The van der Waals surface area contributed by atoms with Gasteiger partial charge in [0.1, 0.15) is 0 Å². The van der Waals surface area contributed by atoms with Crippen LogP contribution in [-0.2, 0) is 32.5 Å². The minimum atomic E-state index is -3.70. The Morgan fingerprint density at radius 3 is 2.12 bits per heavy atom. The fourth-order valence-corrected chi connectivity index (χ4v) is 4.36. The van der Waals surface area contributed by atoms with Gasteiger partial charge >= 0.3 is 0 Å². The normalized spacial score (nSPS) is 15.8. The first-order valence-electron chi connectivity index (χ1n) is 11.1. The Bertz CT molecular complexity index is 1060. The number of nitrogens with one attached hydrogen (secondary N) is 1. The predicted molar refractivity (Wildman–Crippen MR) is 127 cm³/mol. The van der Waals surface area contributed by atoms with Crippen LogP contribution in [0.25, 0.3) is 0 Å². The Balaban J connectivity index is 1.40. The number of aryl methyl sites for hydroxylation is 1. The number of hydrogen-bond acceptors (Lipinski definition) is 5. The van der Waals surface area contributed by atoms with E-state index in [1.807, 2.05) is 43.0 Å². The zero-order valence-electron chi connectivity index (χ0n) is 19.2. The molecule has 1 heterocycles. The van der Waals surface area contributed by atoms with Gasteiger partial charge in [0.15, 0.2) is 0 Å². The number of nitrogens with two attached hydrogens (primary N) is 1. The average Bonchev–Trinajstić information content (AvgIpc) is 2.80. The fourth-order valence-electron chi connectivity index (χ4n) is 3.84. The van der Waals surface area contributed by atoms with E-state index < -0.39 is 10.0 Å². The average molecular weight is 473 g/mol. The van der Waals surface area contributed by atoms with Crippen LogP contribution in [0.4, 0.5) is 0 Å². The summed E-state index contributed by atoms with van der Waals surface area (Å²) in [6, 6.07) is 14.0. The topological polar surface area (TPSA) is 113 Å². The van der Waals surface area contributed by atoms with Gasteiger partial charge in [0, 0.05) is 32.7 Å². The summed E-state index contributed by atoms with van der Waals surface area (Å²) >= 11 is 0. The smallest absolute Gasteiger partial charge is 0.238 e. The maximum Gasteiger partial charge on any atom is 0.238 e. The van der Waals surface area contributed by atoms with E-state index in [0.717, 1.165) is 11.1 Å². The van der Waals surface area contributed by atoms with Crippen molar-refractivity contribution in [2.45, 2.75) is 37.6 Å². The number of primary sulfonamides is 1. The van der Waals surface area contributed by atoms with Crippen LogP contribution >= 0.6 is 0 Å². The highest BCUT2D eigenvalue weighted by Gasteiger charge is 2.27. The van der Waals surface area contributed by atoms with Gasteiger partial charge in [-0.25, -0.2) is 13.6 Å². The molecule has 33 heavy (non-hydrogen) atoms. The van der Waals surface area contributed by atoms with Gasteiger partial charge in [0.05, 0.1) is 17.4 Å². The summed E-state index contributed by atoms with van der Waals surface area (Å²) in [5.74, 6) is 0.0552. The third kappa shape index (κ3) is 7.12. The highest BCUT2D eigenvalue weighted by molar-refractivity contribution is 7.89. The first-order chi connectivity index (χ1) is 15.6. The molecule has 8 nitrogen and oxygen atoms in total. The van der Waals surface area contributed by atoms with Gasteiger partial charge in [-0.15, -0.1) is 0 Å². The number of carbonyl (C=O) groups is 2. The molecule has 2 amide bonds. The van der Waals surface area contributed by atoms with E-state index >= 15 is 0 Å². The van der Waals surface area contributed by atoms with Crippen LogP contribution < -0.4 is 10.5 Å². The van der Waals surface area contributed by atoms with Gasteiger partial charge in [0.25, 0.3) is 0 Å². The molecule has 1 saturated heterocycles. The molecule has 1 aliphatic heterocycles. The van der Waals surface area contributed by atoms with Crippen molar-refractivity contribution in [3.8, 4) is 0 Å². The Hall–Kier alpha value is -2.75. The first kappa shape index (κ1) is 24.9. The van der Waals surface area contributed by atoms with E-state index in [-0.39, 0.29) is 22.8 Å². The molecule has 0 radical (unpaired) electrons. The Morgan fingerprint density at radius 2 is 1.55 bits per heavy atom. The van der Waals surface area contributed by atoms with Gasteiger partial charge in [0.2, 0.25) is 21.8 Å². The van der Waals surface area contributed by atoms with Gasteiger partial charge in [-0.05, 0) is 43.5 Å². The van der Waals surface area contributed by atoms with E-state index in [9.17, 15) is 18.0 Å². The molecule has 0 saturated carbocycles. The third-order valence-electron chi connectivity index (χ3n) is 6.03. The number of hydrogen-bond donors (Lipinski definition) is 2. The molecule has 0 bridgehead atoms. The van der Waals surface area contributed by atoms with Crippen LogP contribution in [0.1, 0.15) is 23.6 Å². The van der Waals surface area contributed by atoms with E-state index in [4.69, 9.17) is 5.14 Å². The lowest BCUT2D eigenvalue weighted by Gasteiger charge is -2.37. The number of piperazine rings is 1. The lowest BCUT2D eigenvalue weighted by molar-refractivity contribution is -0.133. The molecule has 2 aromatic carbocycles. The van der Waals surface area contributed by atoms with Crippen molar-refractivity contribution in [2.24, 2.45) is 5.14 Å². The molecule has 1 aliphatic rings. The number of nitrogens with zero attached hydrogens (tertiary/aromatic N) is 2. The van der Waals surface area contributed by atoms with Crippen molar-refractivity contribution >= 4 is 21.8 Å². The van der Waals surface area contributed by atoms with Crippen LogP contribution in [-0.4, -0.2) is 68.8 Å². The molecule has 3 rings (SSSR count). The molecule has 1 fully saturated rings. The van der Waals surface area contributed by atoms with Crippen molar-refractivity contribution < 1.29 is 18.0 Å². The highest BCUT2D eigenvalue weighted by atomic mass is 32.2. The van der Waals surface area contributed by atoms with Crippen LogP contribution in [0.2, 0.25) is 0 Å². The van der Waals surface area contributed by atoms with Gasteiger partial charge in [-0.3, -0.25) is 14.5 Å². The second-order valence-electron chi connectivity index (χ2n) is 8.49. The summed E-state index contributed by atoms with van der Waals surface area (Å²) < 4.78 is 22.6. The number of carbonyl (C=O) groups excluding carboxylic acids is 2. The van der Waals surface area contributed by atoms with Gasteiger partial charge < -0.3 is 10.2 Å². The monoisotopic (exact) mass is 472 g/mol. The summed E-state index contributed by atoms with van der Waals surface area (Å²) in [6.07, 6.45) is 0.985. The van der Waals surface area contributed by atoms with E-state index in [2.05, 4.69) is 10.2 Å². The van der Waals surface area contributed by atoms with Crippen LogP contribution in [0.5, 0.6) is 0 Å². The minimum Gasteiger partial charge on any atom is -0.354 e. The first-order valence-corrected chi connectivity index (χ1v) is 12.6. The molecular formula is C24H32N4O4S. The summed E-state index contributed by atoms with van der Waals surface area (Å²) in [5.41, 5.74) is 3.10. The van der Waals surface area contributed by atoms with Crippen molar-refractivity contribution in [2.75, 3.05) is 32.7 Å². The van der Waals surface area contributed by atoms with Crippen molar-refractivity contribution in [1.82, 2.24) is 15.1 Å². The summed E-state index contributed by atoms with van der Waals surface area (Å²) in [6.45, 7) is 6.88. The number of amides is 2. The lowest BCUT2D eigenvalue weighted by atomic mass is 10.1. The Kier molecular flexibility index (Phi) is 8.23. The number of rotatable bonds is 8. The standard InChI is InChI=1S/C24H32N4O4S/c1-18-3-5-21(6-4-18)17-23(29)28-15-13-27(14-16-28)19(2)24(30)26-12-11-20-7-9-22(10-8-20)33(25,31)32/h3-10,19H,11-17H2,1-2H3,(H,26,30)(H2,25,31,32). The molecular weight excluding hydrogens is 440 g/mol. The maximum absolute atomic E-state index is 12.6. The van der Waals surface area contributed by atoms with Crippen molar-refractivity contribution in [3.63, 3.8) is 0 Å². The van der Waals surface area contributed by atoms with Gasteiger partial charge in [-0.2, -0.15) is 0 Å². The molecule has 1 unspecified atom stereocenters.